The van der Waals surface area contributed by atoms with Crippen LogP contribution in [-0.4, -0.2) is 23.6 Å². The lowest BCUT2D eigenvalue weighted by Gasteiger charge is -2.13. The quantitative estimate of drug-likeness (QED) is 0.494. The zero-order chi connectivity index (χ0) is 22.4. The van der Waals surface area contributed by atoms with Gasteiger partial charge in [-0.1, -0.05) is 41.9 Å². The Bertz CT molecular complexity index is 1120. The van der Waals surface area contributed by atoms with Crippen molar-refractivity contribution in [1.82, 2.24) is 0 Å². The summed E-state index contributed by atoms with van der Waals surface area (Å²) in [6, 6.07) is 16.7. The molecule has 0 radical (unpaired) electrons. The van der Waals surface area contributed by atoms with Crippen molar-refractivity contribution >= 4 is 29.2 Å². The van der Waals surface area contributed by atoms with E-state index in [0.29, 0.717) is 23.5 Å². The Morgan fingerprint density at radius 1 is 1.03 bits per heavy atom. The van der Waals surface area contributed by atoms with Gasteiger partial charge in [0.05, 0.1) is 25.1 Å². The molecule has 1 amide bonds. The first-order valence-electron chi connectivity index (χ1n) is 9.67. The molecular weight excluding hydrogens is 421 g/mol. The van der Waals surface area contributed by atoms with E-state index in [0.717, 1.165) is 17.2 Å². The van der Waals surface area contributed by atoms with Crippen LogP contribution in [0.25, 0.3) is 11.1 Å². The van der Waals surface area contributed by atoms with E-state index in [2.05, 4.69) is 5.32 Å². The van der Waals surface area contributed by atoms with E-state index in [1.165, 1.54) is 12.1 Å². The molecule has 0 saturated carbocycles. The standard InChI is InChI=1S/C24H21ClFNO4/c1-2-31-22-9-6-17(16-5-3-4-15(10-16)11-24(29)30)12-18(22)13-23(28)27-21-8-7-19(25)14-20(21)26/h3-10,12,14H,2,11,13H2,1H3,(H,27,28)(H,29,30). The lowest BCUT2D eigenvalue weighted by molar-refractivity contribution is -0.136. The van der Waals surface area contributed by atoms with Crippen molar-refractivity contribution in [2.45, 2.75) is 19.8 Å². The van der Waals surface area contributed by atoms with E-state index >= 15 is 0 Å². The summed E-state index contributed by atoms with van der Waals surface area (Å²) in [5, 5.41) is 11.8. The summed E-state index contributed by atoms with van der Waals surface area (Å²) in [6.07, 6.45) is -0.104. The van der Waals surface area contributed by atoms with Crippen molar-refractivity contribution in [2.24, 2.45) is 0 Å². The molecular formula is C24H21ClFNO4. The van der Waals surface area contributed by atoms with Crippen molar-refractivity contribution in [2.75, 3.05) is 11.9 Å². The fourth-order valence-electron chi connectivity index (χ4n) is 3.19. The molecule has 5 nitrogen and oxygen atoms in total. The highest BCUT2D eigenvalue weighted by molar-refractivity contribution is 6.30. The summed E-state index contributed by atoms with van der Waals surface area (Å²) in [7, 11) is 0. The van der Waals surface area contributed by atoms with Crippen LogP contribution in [0.2, 0.25) is 5.02 Å². The summed E-state index contributed by atoms with van der Waals surface area (Å²) < 4.78 is 19.6. The Morgan fingerprint density at radius 3 is 2.52 bits per heavy atom. The van der Waals surface area contributed by atoms with Crippen LogP contribution in [0.1, 0.15) is 18.1 Å². The van der Waals surface area contributed by atoms with Crippen molar-refractivity contribution in [3.05, 3.63) is 82.6 Å². The number of nitrogens with one attached hydrogen (secondary N) is 1. The molecule has 2 N–H and O–H groups in total. The highest BCUT2D eigenvalue weighted by atomic mass is 35.5. The molecule has 7 heteroatoms. The van der Waals surface area contributed by atoms with E-state index in [9.17, 15) is 14.0 Å². The smallest absolute Gasteiger partial charge is 0.307 e. The number of ether oxygens (including phenoxy) is 1. The second kappa shape index (κ2) is 10.1. The van der Waals surface area contributed by atoms with Crippen LogP contribution in [-0.2, 0) is 22.4 Å². The lowest BCUT2D eigenvalue weighted by atomic mass is 9.98. The van der Waals surface area contributed by atoms with Gasteiger partial charge in [-0.25, -0.2) is 4.39 Å². The van der Waals surface area contributed by atoms with Crippen LogP contribution in [0.3, 0.4) is 0 Å². The second-order valence-corrected chi connectivity index (χ2v) is 7.31. The normalized spacial score (nSPS) is 10.5. The number of hydrogen-bond donors (Lipinski definition) is 2. The van der Waals surface area contributed by atoms with Gasteiger partial charge in [0.1, 0.15) is 11.6 Å². The van der Waals surface area contributed by atoms with Gasteiger partial charge in [-0.15, -0.1) is 0 Å². The maximum Gasteiger partial charge on any atom is 0.307 e. The molecule has 0 aliphatic heterocycles. The highest BCUT2D eigenvalue weighted by Gasteiger charge is 2.14. The van der Waals surface area contributed by atoms with Crippen molar-refractivity contribution in [3.63, 3.8) is 0 Å². The molecule has 0 atom stereocenters. The van der Waals surface area contributed by atoms with Gasteiger partial charge in [0.2, 0.25) is 5.91 Å². The van der Waals surface area contributed by atoms with E-state index in [1.54, 1.807) is 24.3 Å². The second-order valence-electron chi connectivity index (χ2n) is 6.88. The number of carboxylic acids is 1. The Hall–Kier alpha value is -3.38. The van der Waals surface area contributed by atoms with Gasteiger partial charge in [-0.05, 0) is 53.9 Å². The Labute approximate surface area is 184 Å². The third-order valence-electron chi connectivity index (χ3n) is 4.53. The number of hydrogen-bond acceptors (Lipinski definition) is 3. The minimum Gasteiger partial charge on any atom is -0.494 e. The highest BCUT2D eigenvalue weighted by Crippen LogP contribution is 2.28. The lowest BCUT2D eigenvalue weighted by Crippen LogP contribution is -2.16. The van der Waals surface area contributed by atoms with Crippen LogP contribution >= 0.6 is 11.6 Å². The maximum absolute atomic E-state index is 14.0. The summed E-state index contributed by atoms with van der Waals surface area (Å²) in [6.45, 7) is 2.27. The molecule has 0 fully saturated rings. The van der Waals surface area contributed by atoms with Crippen LogP contribution in [0.4, 0.5) is 10.1 Å². The number of carboxylic acid groups (broad SMARTS) is 1. The average Bonchev–Trinajstić information content (AvgIpc) is 2.71. The minimum absolute atomic E-state index is 0.0277. The average molecular weight is 442 g/mol. The van der Waals surface area contributed by atoms with Crippen LogP contribution in [0.5, 0.6) is 5.75 Å². The first-order valence-corrected chi connectivity index (χ1v) is 10.0. The molecule has 3 rings (SSSR count). The van der Waals surface area contributed by atoms with Crippen molar-refractivity contribution in [1.29, 1.82) is 0 Å². The number of benzene rings is 3. The number of rotatable bonds is 8. The zero-order valence-corrected chi connectivity index (χ0v) is 17.6. The monoisotopic (exact) mass is 441 g/mol. The fraction of sp³-hybridized carbons (Fsp3) is 0.167. The molecule has 0 aliphatic rings. The molecule has 0 aliphatic carbocycles. The first-order chi connectivity index (χ1) is 14.9. The molecule has 0 spiro atoms. The summed E-state index contributed by atoms with van der Waals surface area (Å²) >= 11 is 5.75. The van der Waals surface area contributed by atoms with E-state index < -0.39 is 17.7 Å². The van der Waals surface area contributed by atoms with Crippen LogP contribution in [0, 0.1) is 5.82 Å². The molecule has 3 aromatic carbocycles. The predicted molar refractivity (Wildman–Crippen MR) is 118 cm³/mol. The van der Waals surface area contributed by atoms with Gasteiger partial charge in [0.15, 0.2) is 0 Å². The third kappa shape index (κ3) is 6.06. The summed E-state index contributed by atoms with van der Waals surface area (Å²) in [5.41, 5.74) is 3.00. The summed E-state index contributed by atoms with van der Waals surface area (Å²) in [5.74, 6) is -1.37. The Balaban J connectivity index is 1.86. The van der Waals surface area contributed by atoms with E-state index in [4.69, 9.17) is 21.4 Å². The molecule has 160 valence electrons. The number of carbonyl (C=O) groups excluding carboxylic acids is 1. The van der Waals surface area contributed by atoms with Crippen LogP contribution in [0.15, 0.2) is 60.7 Å². The molecule has 0 aromatic heterocycles. The minimum atomic E-state index is -0.907. The van der Waals surface area contributed by atoms with Crippen molar-refractivity contribution < 1.29 is 23.8 Å². The molecule has 0 saturated heterocycles. The molecule has 0 bridgehead atoms. The van der Waals surface area contributed by atoms with Gasteiger partial charge < -0.3 is 15.2 Å². The van der Waals surface area contributed by atoms with Gasteiger partial charge in [0.25, 0.3) is 0 Å². The maximum atomic E-state index is 14.0. The number of halogens is 2. The van der Waals surface area contributed by atoms with E-state index in [-0.39, 0.29) is 23.6 Å². The van der Waals surface area contributed by atoms with Gasteiger partial charge >= 0.3 is 5.97 Å². The third-order valence-corrected chi connectivity index (χ3v) is 4.77. The van der Waals surface area contributed by atoms with Gasteiger partial charge in [0, 0.05) is 10.6 Å². The topological polar surface area (TPSA) is 75.6 Å². The van der Waals surface area contributed by atoms with E-state index in [1.807, 2.05) is 25.1 Å². The largest absolute Gasteiger partial charge is 0.494 e. The molecule has 0 unspecified atom stereocenters. The predicted octanol–water partition coefficient (Wildman–Crippen LogP) is 5.35. The summed E-state index contributed by atoms with van der Waals surface area (Å²) in [4.78, 5) is 23.6. The fourth-order valence-corrected chi connectivity index (χ4v) is 3.35. The number of anilines is 1. The Morgan fingerprint density at radius 2 is 1.81 bits per heavy atom. The molecule has 0 heterocycles. The Kier molecular flexibility index (Phi) is 7.26. The SMILES string of the molecule is CCOc1ccc(-c2cccc(CC(=O)O)c2)cc1CC(=O)Nc1ccc(Cl)cc1F. The first kappa shape index (κ1) is 22.3. The number of carbonyl (C=O) groups is 2. The van der Waals surface area contributed by atoms with Crippen molar-refractivity contribution in [3.8, 4) is 16.9 Å². The number of amides is 1. The number of aliphatic carboxylic acids is 1. The van der Waals surface area contributed by atoms with Gasteiger partial charge in [-0.3, -0.25) is 9.59 Å². The van der Waals surface area contributed by atoms with Gasteiger partial charge in [-0.2, -0.15) is 0 Å². The molecule has 31 heavy (non-hydrogen) atoms. The zero-order valence-electron chi connectivity index (χ0n) is 16.8. The van der Waals surface area contributed by atoms with Crippen LogP contribution < -0.4 is 10.1 Å². The molecule has 3 aromatic rings.